The molecule has 4 heteroatoms. The number of nitrogens with one attached hydrogen (secondary N) is 1. The summed E-state index contributed by atoms with van der Waals surface area (Å²) in [4.78, 5) is 12.2. The summed E-state index contributed by atoms with van der Waals surface area (Å²) in [5.41, 5.74) is 2.08. The highest BCUT2D eigenvalue weighted by atomic mass is 32.2. The average Bonchev–Trinajstić information content (AvgIpc) is 2.36. The van der Waals surface area contributed by atoms with Gasteiger partial charge in [-0.2, -0.15) is 0 Å². The van der Waals surface area contributed by atoms with Gasteiger partial charge in [-0.3, -0.25) is 0 Å². The Morgan fingerprint density at radius 1 is 1.39 bits per heavy atom. The Labute approximate surface area is 112 Å². The zero-order valence-corrected chi connectivity index (χ0v) is 11.6. The molecule has 3 nitrogen and oxygen atoms in total. The first-order chi connectivity index (χ1) is 8.56. The molecule has 0 bridgehead atoms. The molecule has 0 spiro atoms. The maximum atomic E-state index is 11.0. The van der Waals surface area contributed by atoms with Crippen LogP contribution in [0.3, 0.4) is 0 Å². The summed E-state index contributed by atoms with van der Waals surface area (Å²) in [6, 6.07) is 7.38. The van der Waals surface area contributed by atoms with E-state index in [0.29, 0.717) is 5.75 Å². The van der Waals surface area contributed by atoms with Crippen molar-refractivity contribution in [2.24, 2.45) is 0 Å². The largest absolute Gasteiger partial charge is 0.412 e. The number of ether oxygens (including phenoxy) is 1. The normalized spacial score (nSPS) is 10.9. The fraction of sp³-hybridized carbons (Fsp3) is 0.214. The van der Waals surface area contributed by atoms with Crippen molar-refractivity contribution in [2.45, 2.75) is 6.92 Å². The van der Waals surface area contributed by atoms with Crippen molar-refractivity contribution in [3.8, 4) is 5.75 Å². The molecular formula is C14H17NO2S. The third-order valence-electron chi connectivity index (χ3n) is 2.15. The van der Waals surface area contributed by atoms with Crippen LogP contribution < -0.4 is 10.1 Å². The molecular weight excluding hydrogens is 246 g/mol. The van der Waals surface area contributed by atoms with Gasteiger partial charge in [-0.15, -0.1) is 11.8 Å². The van der Waals surface area contributed by atoms with E-state index in [4.69, 9.17) is 4.74 Å². The van der Waals surface area contributed by atoms with E-state index in [0.717, 1.165) is 16.0 Å². The third-order valence-corrected chi connectivity index (χ3v) is 2.94. The van der Waals surface area contributed by atoms with Gasteiger partial charge in [0.2, 0.25) is 0 Å². The molecule has 1 amide bonds. The Hall–Kier alpha value is -1.68. The summed E-state index contributed by atoms with van der Waals surface area (Å²) in [6.07, 6.45) is 3.58. The van der Waals surface area contributed by atoms with Crippen LogP contribution in [0, 0.1) is 0 Å². The fourth-order valence-corrected chi connectivity index (χ4v) is 2.02. The molecule has 1 N–H and O–H groups in total. The van der Waals surface area contributed by atoms with Gasteiger partial charge in [0, 0.05) is 12.0 Å². The van der Waals surface area contributed by atoms with Crippen LogP contribution in [-0.4, -0.2) is 19.4 Å². The van der Waals surface area contributed by atoms with Gasteiger partial charge >= 0.3 is 6.09 Å². The van der Waals surface area contributed by atoms with Crippen LogP contribution in [0.4, 0.5) is 4.79 Å². The summed E-state index contributed by atoms with van der Waals surface area (Å²) in [6.45, 7) is 5.83. The van der Waals surface area contributed by atoms with E-state index >= 15 is 0 Å². The highest BCUT2D eigenvalue weighted by molar-refractivity contribution is 8.07. The van der Waals surface area contributed by atoms with Gasteiger partial charge in [0.25, 0.3) is 0 Å². The molecule has 0 saturated heterocycles. The van der Waals surface area contributed by atoms with Gasteiger partial charge in [-0.05, 0) is 37.0 Å². The molecule has 0 fully saturated rings. The van der Waals surface area contributed by atoms with Gasteiger partial charge in [-0.25, -0.2) is 4.79 Å². The minimum Gasteiger partial charge on any atom is -0.410 e. The monoisotopic (exact) mass is 263 g/mol. The number of allylic oxidation sites excluding steroid dienone is 2. The lowest BCUT2D eigenvalue weighted by molar-refractivity contribution is 0.203. The van der Waals surface area contributed by atoms with Crippen molar-refractivity contribution in [2.75, 3.05) is 13.3 Å². The van der Waals surface area contributed by atoms with Crippen LogP contribution in [0.1, 0.15) is 12.5 Å². The Morgan fingerprint density at radius 2 is 2.00 bits per heavy atom. The molecule has 0 unspecified atom stereocenters. The van der Waals surface area contributed by atoms with E-state index in [9.17, 15) is 4.79 Å². The summed E-state index contributed by atoms with van der Waals surface area (Å²) in [7, 11) is 1.53. The van der Waals surface area contributed by atoms with E-state index in [1.54, 1.807) is 23.9 Å². The molecule has 0 aliphatic heterocycles. The lowest BCUT2D eigenvalue weighted by Crippen LogP contribution is -2.21. The van der Waals surface area contributed by atoms with Crippen molar-refractivity contribution < 1.29 is 9.53 Å². The number of carbonyl (C=O) groups is 1. The average molecular weight is 263 g/mol. The van der Waals surface area contributed by atoms with Gasteiger partial charge in [0.05, 0.1) is 0 Å². The number of carbonyl (C=O) groups excluding carboxylic acids is 1. The summed E-state index contributed by atoms with van der Waals surface area (Å²) < 4.78 is 5.02. The zero-order chi connectivity index (χ0) is 13.5. The van der Waals surface area contributed by atoms with Crippen molar-refractivity contribution in [1.29, 1.82) is 0 Å². The molecule has 0 atom stereocenters. The van der Waals surface area contributed by atoms with Crippen LogP contribution >= 0.6 is 11.8 Å². The van der Waals surface area contributed by atoms with Crippen LogP contribution in [0.15, 0.2) is 42.5 Å². The van der Waals surface area contributed by atoms with E-state index < -0.39 is 6.09 Å². The van der Waals surface area contributed by atoms with E-state index in [1.165, 1.54) is 7.05 Å². The van der Waals surface area contributed by atoms with Crippen molar-refractivity contribution in [1.82, 2.24) is 5.32 Å². The van der Waals surface area contributed by atoms with Crippen LogP contribution in [-0.2, 0) is 0 Å². The first-order valence-electron chi connectivity index (χ1n) is 5.48. The molecule has 1 aromatic rings. The molecule has 1 rings (SSSR count). The van der Waals surface area contributed by atoms with Crippen molar-refractivity contribution in [3.05, 3.63) is 48.1 Å². The fourth-order valence-electron chi connectivity index (χ4n) is 1.33. The minimum atomic E-state index is -0.467. The SMILES string of the molecule is C=C(C)/C=C(\SC)c1ccc(OC(=O)NC)cc1. The Morgan fingerprint density at radius 3 is 2.44 bits per heavy atom. The lowest BCUT2D eigenvalue weighted by Gasteiger charge is -2.07. The number of benzene rings is 1. The van der Waals surface area contributed by atoms with Gasteiger partial charge < -0.3 is 10.1 Å². The topological polar surface area (TPSA) is 38.3 Å². The highest BCUT2D eigenvalue weighted by Gasteiger charge is 2.03. The maximum Gasteiger partial charge on any atom is 0.412 e. The standard InChI is InChI=1S/C14H17NO2S/c1-10(2)9-13(18-4)11-5-7-12(8-6-11)17-14(16)15-3/h5-9H,1H2,2-4H3,(H,15,16)/b13-9-. The predicted molar refractivity (Wildman–Crippen MR) is 77.8 cm³/mol. The smallest absolute Gasteiger partial charge is 0.410 e. The van der Waals surface area contributed by atoms with Crippen LogP contribution in [0.2, 0.25) is 0 Å². The van der Waals surface area contributed by atoms with Crippen molar-refractivity contribution >= 4 is 22.8 Å². The van der Waals surface area contributed by atoms with E-state index in [2.05, 4.69) is 11.9 Å². The lowest BCUT2D eigenvalue weighted by atomic mass is 10.1. The number of rotatable bonds is 4. The number of amides is 1. The molecule has 18 heavy (non-hydrogen) atoms. The number of hydrogen-bond acceptors (Lipinski definition) is 3. The summed E-state index contributed by atoms with van der Waals surface area (Å²) in [5, 5.41) is 2.40. The second-order valence-corrected chi connectivity index (χ2v) is 4.57. The Bertz CT molecular complexity index is 463. The van der Waals surface area contributed by atoms with Gasteiger partial charge in [-0.1, -0.05) is 24.3 Å². The second kappa shape index (κ2) is 6.91. The molecule has 0 heterocycles. The Kier molecular flexibility index (Phi) is 5.52. The molecule has 1 aromatic carbocycles. The minimum absolute atomic E-state index is 0.467. The molecule has 0 aromatic heterocycles. The molecule has 0 aliphatic rings. The van der Waals surface area contributed by atoms with Gasteiger partial charge in [0.15, 0.2) is 0 Å². The predicted octanol–water partition coefficient (Wildman–Crippen LogP) is 3.68. The molecule has 96 valence electrons. The second-order valence-electron chi connectivity index (χ2n) is 3.72. The summed E-state index contributed by atoms with van der Waals surface area (Å²) >= 11 is 1.66. The van der Waals surface area contributed by atoms with Crippen LogP contribution in [0.25, 0.3) is 4.91 Å². The first-order valence-corrected chi connectivity index (χ1v) is 6.70. The summed E-state index contributed by atoms with van der Waals surface area (Å²) in [5.74, 6) is 0.522. The third kappa shape index (κ3) is 4.30. The van der Waals surface area contributed by atoms with Gasteiger partial charge in [0.1, 0.15) is 5.75 Å². The quantitative estimate of drug-likeness (QED) is 0.842. The number of thioether (sulfide) groups is 1. The first kappa shape index (κ1) is 14.4. The zero-order valence-electron chi connectivity index (χ0n) is 10.8. The maximum absolute atomic E-state index is 11.0. The van der Waals surface area contributed by atoms with E-state index in [-0.39, 0.29) is 0 Å². The van der Waals surface area contributed by atoms with Crippen LogP contribution in [0.5, 0.6) is 5.75 Å². The highest BCUT2D eigenvalue weighted by Crippen LogP contribution is 2.27. The Balaban J connectivity index is 2.87. The molecule has 0 aliphatic carbocycles. The molecule has 0 saturated carbocycles. The van der Waals surface area contributed by atoms with Crippen molar-refractivity contribution in [3.63, 3.8) is 0 Å². The molecule has 0 radical (unpaired) electrons. The number of hydrogen-bond donors (Lipinski definition) is 1. The van der Waals surface area contributed by atoms with E-state index in [1.807, 2.05) is 31.4 Å².